The van der Waals surface area contributed by atoms with Crippen molar-refractivity contribution in [3.63, 3.8) is 0 Å². The first-order valence-corrected chi connectivity index (χ1v) is 8.73. The lowest BCUT2D eigenvalue weighted by atomic mass is 9.71. The van der Waals surface area contributed by atoms with Gasteiger partial charge in [-0.2, -0.15) is 0 Å². The molecule has 126 valence electrons. The number of allylic oxidation sites excluding steroid dienone is 4. The van der Waals surface area contributed by atoms with Gasteiger partial charge in [-0.1, -0.05) is 35.9 Å². The lowest BCUT2D eigenvalue weighted by Gasteiger charge is -2.41. The molecule has 4 atom stereocenters. The summed E-state index contributed by atoms with van der Waals surface area (Å²) in [6.45, 7) is 0. The molecule has 1 heterocycles. The smallest absolute Gasteiger partial charge is 0.293 e. The average molecular weight is 347 g/mol. The van der Waals surface area contributed by atoms with Crippen LogP contribution in [-0.2, 0) is 0 Å². The standard InChI is InChI=1S/C18H19ClN2O3/c19-13-9-14(22)17-15(18(13)21(23)24)11-7-4-8-12(11)16(20-17)10-5-2-1-3-6-10/h1-2,4,7,9-12,16,20,22H,3,5-6,8H2/t10-,11-,12+,16-/m1/s1. The zero-order valence-corrected chi connectivity index (χ0v) is 13.9. The van der Waals surface area contributed by atoms with Crippen molar-refractivity contribution in [3.05, 3.63) is 51.1 Å². The number of phenolic OH excluding ortho intramolecular Hbond substituents is 1. The van der Waals surface area contributed by atoms with Crippen LogP contribution >= 0.6 is 11.6 Å². The van der Waals surface area contributed by atoms with E-state index in [1.54, 1.807) is 0 Å². The molecule has 0 aromatic heterocycles. The molecule has 1 aliphatic heterocycles. The number of benzene rings is 1. The van der Waals surface area contributed by atoms with E-state index in [9.17, 15) is 15.2 Å². The molecule has 1 aromatic carbocycles. The maximum atomic E-state index is 11.6. The largest absolute Gasteiger partial charge is 0.506 e. The third-order valence-corrected chi connectivity index (χ3v) is 5.88. The second kappa shape index (κ2) is 5.81. The summed E-state index contributed by atoms with van der Waals surface area (Å²) >= 11 is 6.07. The predicted molar refractivity (Wildman–Crippen MR) is 93.7 cm³/mol. The maximum Gasteiger partial charge on any atom is 0.293 e. The highest BCUT2D eigenvalue weighted by molar-refractivity contribution is 6.33. The molecule has 5 nitrogen and oxygen atoms in total. The van der Waals surface area contributed by atoms with Gasteiger partial charge < -0.3 is 10.4 Å². The molecule has 0 radical (unpaired) electrons. The van der Waals surface area contributed by atoms with Gasteiger partial charge in [0, 0.05) is 18.0 Å². The molecule has 24 heavy (non-hydrogen) atoms. The number of hydrogen-bond donors (Lipinski definition) is 2. The van der Waals surface area contributed by atoms with Crippen LogP contribution < -0.4 is 5.32 Å². The number of halogens is 1. The van der Waals surface area contributed by atoms with Crippen molar-refractivity contribution in [2.45, 2.75) is 37.6 Å². The highest BCUT2D eigenvalue weighted by atomic mass is 35.5. The van der Waals surface area contributed by atoms with E-state index in [0.29, 0.717) is 17.2 Å². The van der Waals surface area contributed by atoms with E-state index in [1.165, 1.54) is 6.07 Å². The van der Waals surface area contributed by atoms with Crippen LogP contribution in [0.15, 0.2) is 30.4 Å². The van der Waals surface area contributed by atoms with Crippen LogP contribution in [0.1, 0.15) is 37.2 Å². The molecule has 0 fully saturated rings. The van der Waals surface area contributed by atoms with Crippen molar-refractivity contribution in [1.82, 2.24) is 0 Å². The summed E-state index contributed by atoms with van der Waals surface area (Å²) in [5.41, 5.74) is 0.935. The van der Waals surface area contributed by atoms with Crippen molar-refractivity contribution in [3.8, 4) is 5.75 Å². The molecule has 0 unspecified atom stereocenters. The van der Waals surface area contributed by atoms with Gasteiger partial charge in [0.2, 0.25) is 0 Å². The van der Waals surface area contributed by atoms with Crippen molar-refractivity contribution in [1.29, 1.82) is 0 Å². The quantitative estimate of drug-likeness (QED) is 0.350. The molecule has 0 amide bonds. The second-order valence-corrected chi connectivity index (χ2v) is 7.25. The Morgan fingerprint density at radius 2 is 2.12 bits per heavy atom. The Kier molecular flexibility index (Phi) is 3.76. The van der Waals surface area contributed by atoms with Gasteiger partial charge in [-0.3, -0.25) is 10.1 Å². The van der Waals surface area contributed by atoms with Crippen LogP contribution in [0.2, 0.25) is 5.02 Å². The maximum absolute atomic E-state index is 11.6. The molecule has 6 heteroatoms. The molecule has 0 saturated carbocycles. The highest BCUT2D eigenvalue weighted by Crippen LogP contribution is 2.54. The van der Waals surface area contributed by atoms with E-state index in [0.717, 1.165) is 25.7 Å². The second-order valence-electron chi connectivity index (χ2n) is 6.84. The van der Waals surface area contributed by atoms with E-state index in [-0.39, 0.29) is 34.3 Å². The molecule has 2 aliphatic carbocycles. The van der Waals surface area contributed by atoms with E-state index in [1.807, 2.05) is 6.08 Å². The minimum atomic E-state index is -0.435. The summed E-state index contributed by atoms with van der Waals surface area (Å²) in [7, 11) is 0. The van der Waals surface area contributed by atoms with Crippen molar-refractivity contribution < 1.29 is 10.0 Å². The van der Waals surface area contributed by atoms with Crippen LogP contribution in [0, 0.1) is 22.0 Å². The Hall–Kier alpha value is -2.01. The number of nitro groups is 1. The van der Waals surface area contributed by atoms with Crippen LogP contribution in [0.4, 0.5) is 11.4 Å². The first kappa shape index (κ1) is 15.5. The monoisotopic (exact) mass is 346 g/mol. The molecule has 0 spiro atoms. The number of rotatable bonds is 2. The fourth-order valence-electron chi connectivity index (χ4n) is 4.54. The number of phenols is 1. The Balaban J connectivity index is 1.84. The van der Waals surface area contributed by atoms with Crippen molar-refractivity contribution >= 4 is 23.0 Å². The zero-order valence-electron chi connectivity index (χ0n) is 13.1. The summed E-state index contributed by atoms with van der Waals surface area (Å²) in [5, 5.41) is 25.4. The summed E-state index contributed by atoms with van der Waals surface area (Å²) in [5.74, 6) is 0.674. The SMILES string of the molecule is O=[N+]([O-])c1c(Cl)cc(O)c2c1[C@@H]1C=CC[C@@H]1[C@@H]([C@@H]1CC=CCC1)N2. The number of aromatic hydroxyl groups is 1. The van der Waals surface area contributed by atoms with Crippen LogP contribution in [-0.4, -0.2) is 16.1 Å². The normalized spacial score (nSPS) is 30.5. The first-order chi connectivity index (χ1) is 11.6. The van der Waals surface area contributed by atoms with Crippen LogP contribution in [0.3, 0.4) is 0 Å². The summed E-state index contributed by atoms with van der Waals surface area (Å²) in [4.78, 5) is 11.1. The molecule has 2 N–H and O–H groups in total. The van der Waals surface area contributed by atoms with Gasteiger partial charge in [0.1, 0.15) is 10.8 Å². The average Bonchev–Trinajstić information content (AvgIpc) is 3.04. The molecule has 3 aliphatic rings. The minimum absolute atomic E-state index is 0.00357. The molecular formula is C18H19ClN2O3. The van der Waals surface area contributed by atoms with E-state index in [2.05, 4.69) is 23.5 Å². The van der Waals surface area contributed by atoms with E-state index in [4.69, 9.17) is 11.6 Å². The lowest BCUT2D eigenvalue weighted by molar-refractivity contribution is -0.385. The molecule has 4 rings (SSSR count). The van der Waals surface area contributed by atoms with Gasteiger partial charge in [0.25, 0.3) is 5.69 Å². The molecular weight excluding hydrogens is 328 g/mol. The molecule has 1 aromatic rings. The summed E-state index contributed by atoms with van der Waals surface area (Å²) < 4.78 is 0. The lowest BCUT2D eigenvalue weighted by Crippen LogP contribution is -2.42. The Morgan fingerprint density at radius 1 is 1.29 bits per heavy atom. The van der Waals surface area contributed by atoms with Crippen LogP contribution in [0.5, 0.6) is 5.75 Å². The predicted octanol–water partition coefficient (Wildman–Crippen LogP) is 4.76. The third kappa shape index (κ3) is 2.30. The first-order valence-electron chi connectivity index (χ1n) is 8.36. The van der Waals surface area contributed by atoms with Gasteiger partial charge in [0.15, 0.2) is 0 Å². The number of nitro benzene ring substituents is 1. The van der Waals surface area contributed by atoms with Gasteiger partial charge in [-0.25, -0.2) is 0 Å². The fraction of sp³-hybridized carbons (Fsp3) is 0.444. The van der Waals surface area contributed by atoms with Crippen molar-refractivity contribution in [2.24, 2.45) is 11.8 Å². The Bertz CT molecular complexity index is 759. The summed E-state index contributed by atoms with van der Waals surface area (Å²) in [6.07, 6.45) is 12.6. The van der Waals surface area contributed by atoms with Gasteiger partial charge in [0.05, 0.1) is 16.2 Å². The minimum Gasteiger partial charge on any atom is -0.506 e. The molecule has 0 bridgehead atoms. The number of anilines is 1. The van der Waals surface area contributed by atoms with Crippen LogP contribution in [0.25, 0.3) is 0 Å². The van der Waals surface area contributed by atoms with Gasteiger partial charge >= 0.3 is 0 Å². The zero-order chi connectivity index (χ0) is 16.8. The van der Waals surface area contributed by atoms with Crippen molar-refractivity contribution in [2.75, 3.05) is 5.32 Å². The third-order valence-electron chi connectivity index (χ3n) is 5.59. The topological polar surface area (TPSA) is 75.4 Å². The number of nitrogens with zero attached hydrogens (tertiary/aromatic N) is 1. The van der Waals surface area contributed by atoms with E-state index < -0.39 is 4.92 Å². The van der Waals surface area contributed by atoms with Gasteiger partial charge in [-0.05, 0) is 37.5 Å². The van der Waals surface area contributed by atoms with E-state index >= 15 is 0 Å². The highest BCUT2D eigenvalue weighted by Gasteiger charge is 2.45. The Labute approximate surface area is 145 Å². The number of nitrogens with one attached hydrogen (secondary N) is 1. The number of fused-ring (bicyclic) bond motifs is 3. The van der Waals surface area contributed by atoms with Gasteiger partial charge in [-0.15, -0.1) is 0 Å². The number of hydrogen-bond acceptors (Lipinski definition) is 4. The molecule has 0 saturated heterocycles. The fourth-order valence-corrected chi connectivity index (χ4v) is 4.82. The summed E-state index contributed by atoms with van der Waals surface area (Å²) in [6, 6.07) is 1.48. The Morgan fingerprint density at radius 3 is 2.83 bits per heavy atom.